The Balaban J connectivity index is 3.35. The lowest BCUT2D eigenvalue weighted by Gasteiger charge is -2.05. The first-order valence-electron chi connectivity index (χ1n) is 3.13. The van der Waals surface area contributed by atoms with Gasteiger partial charge in [-0.1, -0.05) is 0 Å². The molecule has 1 rings (SSSR count). The minimum atomic E-state index is -4.66. The second kappa shape index (κ2) is 2.97. The van der Waals surface area contributed by atoms with Crippen LogP contribution < -0.4 is 0 Å². The maximum atomic E-state index is 12.1. The Labute approximate surface area is 71.0 Å². The molecule has 0 amide bonds. The molecule has 0 fully saturated rings. The van der Waals surface area contributed by atoms with Gasteiger partial charge in [-0.15, -0.1) is 10.2 Å². The average Bonchev–Trinajstić information content (AvgIpc) is 2.03. The topological polar surface area (TPSA) is 62.5 Å². The fraction of sp³-hybridized carbons (Fsp3) is 0.333. The van der Waals surface area contributed by atoms with Crippen molar-refractivity contribution in [3.63, 3.8) is 0 Å². The van der Waals surface area contributed by atoms with Crippen LogP contribution in [-0.2, 0) is 6.18 Å². The smallest absolute Gasteiger partial charge is 0.224 e. The first kappa shape index (κ1) is 9.38. The standard InChI is InChI=1S/C6H3F3N4/c1-3-11-5(6(7,8)9)4(2-10)13-12-3/h1H3. The van der Waals surface area contributed by atoms with Crippen molar-refractivity contribution in [3.05, 3.63) is 17.2 Å². The molecule has 0 aliphatic heterocycles. The maximum absolute atomic E-state index is 12.1. The third kappa shape index (κ3) is 1.90. The van der Waals surface area contributed by atoms with E-state index >= 15 is 0 Å². The van der Waals surface area contributed by atoms with Crippen molar-refractivity contribution >= 4 is 0 Å². The molecule has 1 aromatic rings. The molecule has 0 atom stereocenters. The molecule has 0 N–H and O–H groups in total. The van der Waals surface area contributed by atoms with Crippen LogP contribution in [0.4, 0.5) is 13.2 Å². The monoisotopic (exact) mass is 188 g/mol. The van der Waals surface area contributed by atoms with E-state index in [0.717, 1.165) is 0 Å². The zero-order chi connectivity index (χ0) is 10.1. The minimum Gasteiger partial charge on any atom is -0.224 e. The van der Waals surface area contributed by atoms with Crippen molar-refractivity contribution in [1.82, 2.24) is 15.2 Å². The van der Waals surface area contributed by atoms with Gasteiger partial charge in [0, 0.05) is 0 Å². The first-order chi connectivity index (χ1) is 5.95. The summed E-state index contributed by atoms with van der Waals surface area (Å²) < 4.78 is 36.4. The summed E-state index contributed by atoms with van der Waals surface area (Å²) in [5.74, 6) is -0.119. The lowest BCUT2D eigenvalue weighted by molar-refractivity contribution is -0.141. The van der Waals surface area contributed by atoms with Crippen molar-refractivity contribution in [3.8, 4) is 6.07 Å². The summed E-state index contributed by atoms with van der Waals surface area (Å²) in [6.07, 6.45) is -4.66. The molecule has 0 aliphatic rings. The Morgan fingerprint density at radius 1 is 1.31 bits per heavy atom. The third-order valence-corrected chi connectivity index (χ3v) is 1.17. The molecule has 7 heteroatoms. The van der Waals surface area contributed by atoms with Crippen molar-refractivity contribution in [1.29, 1.82) is 5.26 Å². The fourth-order valence-electron chi connectivity index (χ4n) is 0.680. The highest BCUT2D eigenvalue weighted by Crippen LogP contribution is 2.28. The van der Waals surface area contributed by atoms with Crippen LogP contribution >= 0.6 is 0 Å². The molecule has 13 heavy (non-hydrogen) atoms. The largest absolute Gasteiger partial charge is 0.436 e. The molecule has 68 valence electrons. The van der Waals surface area contributed by atoms with E-state index in [1.807, 2.05) is 0 Å². The number of aryl methyl sites for hydroxylation is 1. The minimum absolute atomic E-state index is 0.119. The van der Waals surface area contributed by atoms with E-state index in [-0.39, 0.29) is 5.82 Å². The molecule has 1 heterocycles. The summed E-state index contributed by atoms with van der Waals surface area (Å²) in [5.41, 5.74) is -2.10. The van der Waals surface area contributed by atoms with Gasteiger partial charge in [0.15, 0.2) is 11.4 Å². The summed E-state index contributed by atoms with van der Waals surface area (Å²) in [6, 6.07) is 1.27. The molecule has 0 spiro atoms. The second-order valence-corrected chi connectivity index (χ2v) is 2.17. The Bertz CT molecular complexity index is 365. The maximum Gasteiger partial charge on any atom is 0.436 e. The van der Waals surface area contributed by atoms with Crippen molar-refractivity contribution < 1.29 is 13.2 Å². The highest BCUT2D eigenvalue weighted by Gasteiger charge is 2.37. The van der Waals surface area contributed by atoms with Gasteiger partial charge in [-0.2, -0.15) is 18.4 Å². The van der Waals surface area contributed by atoms with Crippen LogP contribution in [0.15, 0.2) is 0 Å². The van der Waals surface area contributed by atoms with E-state index in [9.17, 15) is 13.2 Å². The van der Waals surface area contributed by atoms with Crippen molar-refractivity contribution in [2.45, 2.75) is 13.1 Å². The zero-order valence-corrected chi connectivity index (χ0v) is 6.42. The van der Waals surface area contributed by atoms with Crippen LogP contribution in [0.1, 0.15) is 17.2 Å². The van der Waals surface area contributed by atoms with Gasteiger partial charge in [0.05, 0.1) is 0 Å². The van der Waals surface area contributed by atoms with Gasteiger partial charge in [0.1, 0.15) is 11.9 Å². The van der Waals surface area contributed by atoms with Gasteiger partial charge in [0.2, 0.25) is 0 Å². The number of nitriles is 1. The number of alkyl halides is 3. The summed E-state index contributed by atoms with van der Waals surface area (Å²) in [6.45, 7) is 1.27. The van der Waals surface area contributed by atoms with E-state index < -0.39 is 17.6 Å². The predicted octanol–water partition coefficient (Wildman–Crippen LogP) is 1.07. The summed E-state index contributed by atoms with van der Waals surface area (Å²) >= 11 is 0. The Hall–Kier alpha value is -1.71. The summed E-state index contributed by atoms with van der Waals surface area (Å²) in [4.78, 5) is 3.09. The number of halogens is 3. The van der Waals surface area contributed by atoms with E-state index in [1.165, 1.54) is 13.0 Å². The quantitative estimate of drug-likeness (QED) is 0.610. The number of hydrogen-bond donors (Lipinski definition) is 0. The fourth-order valence-corrected chi connectivity index (χ4v) is 0.680. The third-order valence-electron chi connectivity index (χ3n) is 1.17. The van der Waals surface area contributed by atoms with Gasteiger partial charge in [-0.25, -0.2) is 4.98 Å². The lowest BCUT2D eigenvalue weighted by Crippen LogP contribution is -2.14. The molecule has 0 unspecified atom stereocenters. The van der Waals surface area contributed by atoms with Crippen LogP contribution in [0.2, 0.25) is 0 Å². The molecule has 0 radical (unpaired) electrons. The zero-order valence-electron chi connectivity index (χ0n) is 6.42. The normalized spacial score (nSPS) is 11.0. The second-order valence-electron chi connectivity index (χ2n) is 2.17. The molecule has 0 saturated carbocycles. The molecule has 0 bridgehead atoms. The van der Waals surface area contributed by atoms with Crippen LogP contribution in [0, 0.1) is 18.3 Å². The van der Waals surface area contributed by atoms with E-state index in [0.29, 0.717) is 0 Å². The predicted molar refractivity (Wildman–Crippen MR) is 34.3 cm³/mol. The van der Waals surface area contributed by atoms with Crippen LogP contribution in [0.25, 0.3) is 0 Å². The summed E-state index contributed by atoms with van der Waals surface area (Å²) in [7, 11) is 0. The Kier molecular flexibility index (Phi) is 2.14. The van der Waals surface area contributed by atoms with E-state index in [4.69, 9.17) is 5.26 Å². The van der Waals surface area contributed by atoms with Gasteiger partial charge in [-0.05, 0) is 6.92 Å². The molecular formula is C6H3F3N4. The Morgan fingerprint density at radius 3 is 2.38 bits per heavy atom. The van der Waals surface area contributed by atoms with Gasteiger partial charge in [0.25, 0.3) is 0 Å². The molecular weight excluding hydrogens is 185 g/mol. The number of aromatic nitrogens is 3. The SMILES string of the molecule is Cc1nnc(C#N)c(C(F)(F)F)n1. The highest BCUT2D eigenvalue weighted by molar-refractivity contribution is 5.26. The molecule has 1 aromatic heterocycles. The molecule has 0 aliphatic carbocycles. The average molecular weight is 188 g/mol. The number of nitrogens with zero attached hydrogens (tertiary/aromatic N) is 4. The van der Waals surface area contributed by atoms with Crippen LogP contribution in [0.5, 0.6) is 0 Å². The van der Waals surface area contributed by atoms with Crippen LogP contribution in [-0.4, -0.2) is 15.2 Å². The van der Waals surface area contributed by atoms with Gasteiger partial charge >= 0.3 is 6.18 Å². The number of hydrogen-bond acceptors (Lipinski definition) is 4. The van der Waals surface area contributed by atoms with Crippen molar-refractivity contribution in [2.24, 2.45) is 0 Å². The summed E-state index contributed by atoms with van der Waals surface area (Å²) in [5, 5.41) is 14.6. The molecule has 0 aromatic carbocycles. The van der Waals surface area contributed by atoms with Gasteiger partial charge < -0.3 is 0 Å². The lowest BCUT2D eigenvalue weighted by atomic mass is 10.3. The van der Waals surface area contributed by atoms with Crippen molar-refractivity contribution in [2.75, 3.05) is 0 Å². The molecule has 4 nitrogen and oxygen atoms in total. The van der Waals surface area contributed by atoms with Crippen LogP contribution in [0.3, 0.4) is 0 Å². The van der Waals surface area contributed by atoms with E-state index in [1.54, 1.807) is 0 Å². The Morgan fingerprint density at radius 2 is 1.92 bits per heavy atom. The highest BCUT2D eigenvalue weighted by atomic mass is 19.4. The number of rotatable bonds is 0. The first-order valence-corrected chi connectivity index (χ1v) is 3.13. The van der Waals surface area contributed by atoms with Gasteiger partial charge in [-0.3, -0.25) is 0 Å². The van der Waals surface area contributed by atoms with E-state index in [2.05, 4.69) is 15.2 Å². The molecule has 0 saturated heterocycles.